The molecule has 1 heterocycles. The lowest BCUT2D eigenvalue weighted by Gasteiger charge is -2.21. The maximum absolute atomic E-state index is 10.5. The second kappa shape index (κ2) is 6.77. The normalized spacial score (nSPS) is 10.8. The van der Waals surface area contributed by atoms with Gasteiger partial charge in [0.2, 0.25) is 0 Å². The molecule has 1 aromatic rings. The van der Waals surface area contributed by atoms with Gasteiger partial charge in [-0.05, 0) is 12.0 Å². The third-order valence-corrected chi connectivity index (χ3v) is 2.37. The minimum absolute atomic E-state index is 0.241. The molecule has 0 aromatic carbocycles. The molecule has 0 bridgehead atoms. The summed E-state index contributed by atoms with van der Waals surface area (Å²) >= 11 is 0. The smallest absolute Gasteiger partial charge is 0.404 e. The van der Waals surface area contributed by atoms with E-state index < -0.39 is 4.92 Å². The third kappa shape index (κ3) is 4.55. The van der Waals surface area contributed by atoms with Crippen LogP contribution in [-0.2, 0) is 6.54 Å². The van der Waals surface area contributed by atoms with E-state index in [0.29, 0.717) is 31.2 Å². The number of nitriles is 1. The van der Waals surface area contributed by atoms with Crippen molar-refractivity contribution in [3.63, 3.8) is 0 Å². The quantitative estimate of drug-likeness (QED) is 0.549. The summed E-state index contributed by atoms with van der Waals surface area (Å²) in [5.74, 6) is 0.781. The van der Waals surface area contributed by atoms with E-state index in [1.807, 2.05) is 0 Å². The topological polar surface area (TPSA) is 83.3 Å². The molecule has 0 radical (unpaired) electrons. The molecule has 1 rings (SSSR count). The summed E-state index contributed by atoms with van der Waals surface area (Å²) in [4.78, 5) is 12.0. The standard InChI is InChI=1S/C12H17N3O3/c1-10(2)8-14(7-3-6-13)9-11-4-5-12(18-11)15(16)17/h4-5,10H,3,7-9H2,1-2H3. The Morgan fingerprint density at radius 3 is 2.78 bits per heavy atom. The molecular formula is C12H17N3O3. The predicted octanol–water partition coefficient (Wildman–Crippen LogP) is 2.56. The van der Waals surface area contributed by atoms with Crippen molar-refractivity contribution in [3.8, 4) is 6.07 Å². The van der Waals surface area contributed by atoms with Crippen molar-refractivity contribution >= 4 is 5.88 Å². The Hall–Kier alpha value is -1.87. The molecule has 0 saturated carbocycles. The zero-order valence-corrected chi connectivity index (χ0v) is 10.6. The van der Waals surface area contributed by atoms with E-state index in [1.165, 1.54) is 6.07 Å². The van der Waals surface area contributed by atoms with E-state index in [4.69, 9.17) is 9.68 Å². The molecule has 0 aliphatic heterocycles. The van der Waals surface area contributed by atoms with Crippen LogP contribution in [0.2, 0.25) is 0 Å². The Balaban J connectivity index is 2.63. The van der Waals surface area contributed by atoms with Crippen LogP contribution in [0.4, 0.5) is 5.88 Å². The van der Waals surface area contributed by atoms with E-state index >= 15 is 0 Å². The molecule has 1 aromatic heterocycles. The van der Waals surface area contributed by atoms with Crippen molar-refractivity contribution in [2.75, 3.05) is 13.1 Å². The highest BCUT2D eigenvalue weighted by molar-refractivity contribution is 5.17. The van der Waals surface area contributed by atoms with E-state index in [1.54, 1.807) is 6.07 Å². The molecular weight excluding hydrogens is 234 g/mol. The van der Waals surface area contributed by atoms with Gasteiger partial charge < -0.3 is 4.42 Å². The molecule has 18 heavy (non-hydrogen) atoms. The zero-order valence-electron chi connectivity index (χ0n) is 10.6. The van der Waals surface area contributed by atoms with Gasteiger partial charge in [-0.2, -0.15) is 5.26 Å². The lowest BCUT2D eigenvalue weighted by Crippen LogP contribution is -2.28. The fourth-order valence-electron chi connectivity index (χ4n) is 1.73. The van der Waals surface area contributed by atoms with Crippen molar-refractivity contribution < 1.29 is 9.34 Å². The third-order valence-electron chi connectivity index (χ3n) is 2.37. The fraction of sp³-hybridized carbons (Fsp3) is 0.583. The maximum Gasteiger partial charge on any atom is 0.433 e. The van der Waals surface area contributed by atoms with Gasteiger partial charge in [0.1, 0.15) is 10.7 Å². The minimum Gasteiger partial charge on any atom is -0.404 e. The van der Waals surface area contributed by atoms with Gasteiger partial charge in [0.05, 0.1) is 18.7 Å². The summed E-state index contributed by atoms with van der Waals surface area (Å²) in [6, 6.07) is 5.06. The molecule has 98 valence electrons. The maximum atomic E-state index is 10.5. The van der Waals surface area contributed by atoms with Gasteiger partial charge in [0, 0.05) is 19.5 Å². The minimum atomic E-state index is -0.550. The first kappa shape index (κ1) is 14.2. The van der Waals surface area contributed by atoms with Crippen molar-refractivity contribution in [2.45, 2.75) is 26.8 Å². The summed E-state index contributed by atoms with van der Waals surface area (Å²) in [5, 5.41) is 19.1. The van der Waals surface area contributed by atoms with Gasteiger partial charge in [0.25, 0.3) is 0 Å². The summed E-state index contributed by atoms with van der Waals surface area (Å²) < 4.78 is 5.11. The van der Waals surface area contributed by atoms with Crippen LogP contribution >= 0.6 is 0 Å². The highest BCUT2D eigenvalue weighted by atomic mass is 16.6. The van der Waals surface area contributed by atoms with Gasteiger partial charge in [-0.15, -0.1) is 0 Å². The first-order chi connectivity index (χ1) is 8.52. The monoisotopic (exact) mass is 251 g/mol. The fourth-order valence-corrected chi connectivity index (χ4v) is 1.73. The van der Waals surface area contributed by atoms with Crippen LogP contribution in [0.3, 0.4) is 0 Å². The lowest BCUT2D eigenvalue weighted by atomic mass is 10.2. The van der Waals surface area contributed by atoms with Crippen molar-refractivity contribution in [3.05, 3.63) is 28.0 Å². The summed E-state index contributed by atoms with van der Waals surface area (Å²) in [7, 11) is 0. The number of hydrogen-bond donors (Lipinski definition) is 0. The number of rotatable bonds is 7. The Morgan fingerprint density at radius 1 is 1.56 bits per heavy atom. The van der Waals surface area contributed by atoms with Gasteiger partial charge in [-0.3, -0.25) is 15.0 Å². The number of hydrogen-bond acceptors (Lipinski definition) is 5. The molecule has 0 aliphatic rings. The highest BCUT2D eigenvalue weighted by Crippen LogP contribution is 2.17. The van der Waals surface area contributed by atoms with Crippen molar-refractivity contribution in [1.82, 2.24) is 4.90 Å². The average molecular weight is 251 g/mol. The van der Waals surface area contributed by atoms with Crippen LogP contribution in [0.25, 0.3) is 0 Å². The molecule has 0 N–H and O–H groups in total. The number of nitro groups is 1. The van der Waals surface area contributed by atoms with Gasteiger partial charge in [-0.25, -0.2) is 0 Å². The second-order valence-electron chi connectivity index (χ2n) is 4.53. The van der Waals surface area contributed by atoms with E-state index in [2.05, 4.69) is 24.8 Å². The molecule has 0 unspecified atom stereocenters. The average Bonchev–Trinajstić information content (AvgIpc) is 2.73. The Labute approximate surface area is 106 Å². The number of nitrogens with zero attached hydrogens (tertiary/aromatic N) is 3. The molecule has 0 fully saturated rings. The SMILES string of the molecule is CC(C)CN(CCC#N)Cc1ccc([N+](=O)[O-])o1. The Bertz CT molecular complexity index is 434. The van der Waals surface area contributed by atoms with E-state index in [9.17, 15) is 10.1 Å². The molecule has 6 heteroatoms. The molecule has 0 aliphatic carbocycles. The molecule has 6 nitrogen and oxygen atoms in total. The van der Waals surface area contributed by atoms with Crippen LogP contribution in [0.1, 0.15) is 26.0 Å². The molecule has 0 saturated heterocycles. The van der Waals surface area contributed by atoms with E-state index in [-0.39, 0.29) is 5.88 Å². The summed E-state index contributed by atoms with van der Waals surface area (Å²) in [6.07, 6.45) is 0.440. The first-order valence-corrected chi connectivity index (χ1v) is 5.85. The summed E-state index contributed by atoms with van der Waals surface area (Å²) in [5.41, 5.74) is 0. The van der Waals surface area contributed by atoms with Crippen molar-refractivity contribution in [1.29, 1.82) is 5.26 Å². The predicted molar refractivity (Wildman–Crippen MR) is 65.7 cm³/mol. The van der Waals surface area contributed by atoms with Crippen LogP contribution in [0.15, 0.2) is 16.5 Å². The largest absolute Gasteiger partial charge is 0.433 e. The van der Waals surface area contributed by atoms with Crippen LogP contribution in [-0.4, -0.2) is 22.9 Å². The summed E-state index contributed by atoms with van der Waals surface area (Å²) in [6.45, 7) is 6.14. The second-order valence-corrected chi connectivity index (χ2v) is 4.53. The van der Waals surface area contributed by atoms with E-state index in [0.717, 1.165) is 6.54 Å². The lowest BCUT2D eigenvalue weighted by molar-refractivity contribution is -0.402. The zero-order chi connectivity index (χ0) is 13.5. The van der Waals surface area contributed by atoms with Gasteiger partial charge >= 0.3 is 5.88 Å². The molecule has 0 amide bonds. The molecule has 0 spiro atoms. The Morgan fingerprint density at radius 2 is 2.28 bits per heavy atom. The van der Waals surface area contributed by atoms with Crippen LogP contribution in [0.5, 0.6) is 0 Å². The van der Waals surface area contributed by atoms with Gasteiger partial charge in [0.15, 0.2) is 0 Å². The van der Waals surface area contributed by atoms with Crippen LogP contribution < -0.4 is 0 Å². The number of furan rings is 1. The highest BCUT2D eigenvalue weighted by Gasteiger charge is 2.15. The molecule has 0 atom stereocenters. The van der Waals surface area contributed by atoms with Crippen LogP contribution in [0, 0.1) is 27.4 Å². The van der Waals surface area contributed by atoms with Crippen molar-refractivity contribution in [2.24, 2.45) is 5.92 Å². The Kier molecular flexibility index (Phi) is 5.33. The first-order valence-electron chi connectivity index (χ1n) is 5.85. The van der Waals surface area contributed by atoms with Gasteiger partial charge in [-0.1, -0.05) is 13.8 Å².